The fraction of sp³-hybridized carbons (Fsp3) is 0.538. The van der Waals surface area contributed by atoms with Crippen LogP contribution in [0.4, 0.5) is 0 Å². The molecule has 0 spiro atoms. The van der Waals surface area contributed by atoms with Crippen LogP contribution in [0.15, 0.2) is 12.1 Å². The summed E-state index contributed by atoms with van der Waals surface area (Å²) < 4.78 is 16.0. The lowest BCUT2D eigenvalue weighted by Gasteiger charge is -2.18. The Labute approximate surface area is 102 Å². The van der Waals surface area contributed by atoms with Crippen molar-refractivity contribution in [1.82, 2.24) is 0 Å². The number of hydrogen-bond donors (Lipinski definition) is 1. The van der Waals surface area contributed by atoms with Crippen LogP contribution in [0.5, 0.6) is 17.2 Å². The summed E-state index contributed by atoms with van der Waals surface area (Å²) in [5.41, 5.74) is 7.13. The zero-order chi connectivity index (χ0) is 12.5. The molecule has 1 aliphatic rings. The molecule has 94 valence electrons. The molecule has 0 aliphatic heterocycles. The van der Waals surface area contributed by atoms with Gasteiger partial charge in [-0.3, -0.25) is 0 Å². The Balaban J connectivity index is 2.49. The summed E-state index contributed by atoms with van der Waals surface area (Å²) in [6.45, 7) is 0.658. The molecule has 4 heteroatoms. The molecule has 1 aromatic rings. The predicted molar refractivity (Wildman–Crippen MR) is 66.1 cm³/mol. The van der Waals surface area contributed by atoms with E-state index >= 15 is 0 Å². The second-order valence-corrected chi connectivity index (χ2v) is 4.40. The summed E-state index contributed by atoms with van der Waals surface area (Å²) >= 11 is 0. The van der Waals surface area contributed by atoms with Gasteiger partial charge in [-0.05, 0) is 30.5 Å². The molecule has 1 saturated carbocycles. The molecule has 0 amide bonds. The first-order valence-electron chi connectivity index (χ1n) is 5.71. The van der Waals surface area contributed by atoms with E-state index in [1.165, 1.54) is 5.56 Å². The van der Waals surface area contributed by atoms with Gasteiger partial charge >= 0.3 is 0 Å². The number of rotatable bonds is 5. The highest BCUT2D eigenvalue weighted by Gasteiger charge is 2.43. The Bertz CT molecular complexity index is 388. The monoisotopic (exact) mass is 237 g/mol. The average molecular weight is 237 g/mol. The molecule has 1 aromatic carbocycles. The van der Waals surface area contributed by atoms with E-state index in [0.717, 1.165) is 12.8 Å². The van der Waals surface area contributed by atoms with E-state index in [0.29, 0.717) is 23.8 Å². The normalized spacial score (nSPS) is 16.5. The van der Waals surface area contributed by atoms with Crippen molar-refractivity contribution in [3.8, 4) is 17.2 Å². The summed E-state index contributed by atoms with van der Waals surface area (Å²) in [5, 5.41) is 0. The summed E-state index contributed by atoms with van der Waals surface area (Å²) in [5.74, 6) is 2.02. The lowest BCUT2D eigenvalue weighted by Crippen LogP contribution is -2.19. The van der Waals surface area contributed by atoms with Crippen LogP contribution in [-0.2, 0) is 5.41 Å². The number of hydrogen-bond acceptors (Lipinski definition) is 4. The first-order chi connectivity index (χ1) is 8.20. The van der Waals surface area contributed by atoms with Crippen LogP contribution in [0.2, 0.25) is 0 Å². The molecule has 0 atom stereocenters. The third-order valence-electron chi connectivity index (χ3n) is 3.52. The second kappa shape index (κ2) is 4.45. The molecule has 0 radical (unpaired) electrons. The minimum Gasteiger partial charge on any atom is -0.493 e. The molecule has 2 rings (SSSR count). The van der Waals surface area contributed by atoms with Crippen LogP contribution in [0, 0.1) is 0 Å². The van der Waals surface area contributed by atoms with E-state index in [4.69, 9.17) is 19.9 Å². The Kier molecular flexibility index (Phi) is 3.15. The molecule has 2 N–H and O–H groups in total. The van der Waals surface area contributed by atoms with Crippen molar-refractivity contribution in [2.24, 2.45) is 5.73 Å². The van der Waals surface area contributed by atoms with Crippen LogP contribution in [0.25, 0.3) is 0 Å². The van der Waals surface area contributed by atoms with Crippen LogP contribution in [0.3, 0.4) is 0 Å². The maximum Gasteiger partial charge on any atom is 0.203 e. The van der Waals surface area contributed by atoms with Gasteiger partial charge in [-0.2, -0.15) is 0 Å². The molecule has 1 aliphatic carbocycles. The van der Waals surface area contributed by atoms with Crippen molar-refractivity contribution in [3.63, 3.8) is 0 Å². The Hall–Kier alpha value is -1.42. The van der Waals surface area contributed by atoms with Crippen LogP contribution < -0.4 is 19.9 Å². The maximum absolute atomic E-state index is 5.84. The largest absolute Gasteiger partial charge is 0.493 e. The van der Waals surface area contributed by atoms with Gasteiger partial charge in [0.25, 0.3) is 0 Å². The minimum atomic E-state index is 0.118. The zero-order valence-corrected chi connectivity index (χ0v) is 10.6. The second-order valence-electron chi connectivity index (χ2n) is 4.40. The van der Waals surface area contributed by atoms with Gasteiger partial charge in [0.1, 0.15) is 0 Å². The fourth-order valence-electron chi connectivity index (χ4n) is 2.15. The van der Waals surface area contributed by atoms with E-state index in [9.17, 15) is 0 Å². The molecule has 0 heterocycles. The van der Waals surface area contributed by atoms with Crippen LogP contribution in [-0.4, -0.2) is 27.9 Å². The Morgan fingerprint density at radius 3 is 1.88 bits per heavy atom. The molecule has 0 unspecified atom stereocenters. The smallest absolute Gasteiger partial charge is 0.203 e. The van der Waals surface area contributed by atoms with Crippen molar-refractivity contribution in [1.29, 1.82) is 0 Å². The minimum absolute atomic E-state index is 0.118. The molecule has 0 aromatic heterocycles. The van der Waals surface area contributed by atoms with Gasteiger partial charge in [0, 0.05) is 12.0 Å². The number of benzene rings is 1. The van der Waals surface area contributed by atoms with Crippen LogP contribution in [0.1, 0.15) is 18.4 Å². The van der Waals surface area contributed by atoms with Crippen molar-refractivity contribution >= 4 is 0 Å². The summed E-state index contributed by atoms with van der Waals surface area (Å²) in [6, 6.07) is 4.00. The van der Waals surface area contributed by atoms with Gasteiger partial charge < -0.3 is 19.9 Å². The topological polar surface area (TPSA) is 53.7 Å². The highest BCUT2D eigenvalue weighted by molar-refractivity contribution is 5.56. The first-order valence-corrected chi connectivity index (χ1v) is 5.71. The van der Waals surface area contributed by atoms with E-state index in [1.807, 2.05) is 12.1 Å². The highest BCUT2D eigenvalue weighted by atomic mass is 16.5. The molecule has 0 saturated heterocycles. The third-order valence-corrected chi connectivity index (χ3v) is 3.52. The SMILES string of the molecule is COc1cc(C2(CN)CC2)cc(OC)c1OC. The third kappa shape index (κ3) is 1.93. The van der Waals surface area contributed by atoms with Gasteiger partial charge in [-0.1, -0.05) is 0 Å². The molecule has 0 bridgehead atoms. The van der Waals surface area contributed by atoms with E-state index in [1.54, 1.807) is 21.3 Å². The summed E-state index contributed by atoms with van der Waals surface area (Å²) in [7, 11) is 4.86. The first kappa shape index (κ1) is 12.0. The lowest BCUT2D eigenvalue weighted by molar-refractivity contribution is 0.323. The number of ether oxygens (including phenoxy) is 3. The van der Waals surface area contributed by atoms with Crippen molar-refractivity contribution in [3.05, 3.63) is 17.7 Å². The van der Waals surface area contributed by atoms with Crippen molar-refractivity contribution in [2.45, 2.75) is 18.3 Å². The predicted octanol–water partition coefficient (Wildman–Crippen LogP) is 1.70. The Morgan fingerprint density at radius 1 is 1.06 bits per heavy atom. The number of nitrogens with two attached hydrogens (primary N) is 1. The van der Waals surface area contributed by atoms with E-state index < -0.39 is 0 Å². The molecular formula is C13H19NO3. The fourth-order valence-corrected chi connectivity index (χ4v) is 2.15. The molecule has 4 nitrogen and oxygen atoms in total. The quantitative estimate of drug-likeness (QED) is 0.847. The van der Waals surface area contributed by atoms with E-state index in [-0.39, 0.29) is 5.41 Å². The van der Waals surface area contributed by atoms with Gasteiger partial charge in [0.15, 0.2) is 11.5 Å². The van der Waals surface area contributed by atoms with Gasteiger partial charge in [-0.25, -0.2) is 0 Å². The standard InChI is InChI=1S/C13H19NO3/c1-15-10-6-9(13(8-14)4-5-13)7-11(16-2)12(10)17-3/h6-7H,4-5,8,14H2,1-3H3. The van der Waals surface area contributed by atoms with Crippen molar-refractivity contribution in [2.75, 3.05) is 27.9 Å². The maximum atomic E-state index is 5.84. The zero-order valence-electron chi connectivity index (χ0n) is 10.6. The van der Waals surface area contributed by atoms with E-state index in [2.05, 4.69) is 0 Å². The highest BCUT2D eigenvalue weighted by Crippen LogP contribution is 2.51. The number of methoxy groups -OCH3 is 3. The van der Waals surface area contributed by atoms with Gasteiger partial charge in [-0.15, -0.1) is 0 Å². The van der Waals surface area contributed by atoms with Crippen molar-refractivity contribution < 1.29 is 14.2 Å². The summed E-state index contributed by atoms with van der Waals surface area (Å²) in [4.78, 5) is 0. The summed E-state index contributed by atoms with van der Waals surface area (Å²) in [6.07, 6.45) is 2.25. The lowest BCUT2D eigenvalue weighted by atomic mass is 9.95. The molecule has 17 heavy (non-hydrogen) atoms. The van der Waals surface area contributed by atoms with Gasteiger partial charge in [0.05, 0.1) is 21.3 Å². The molecule has 1 fully saturated rings. The Morgan fingerprint density at radius 2 is 1.59 bits per heavy atom. The van der Waals surface area contributed by atoms with Crippen LogP contribution >= 0.6 is 0 Å². The average Bonchev–Trinajstić information content (AvgIpc) is 3.17. The van der Waals surface area contributed by atoms with Gasteiger partial charge in [0.2, 0.25) is 5.75 Å². The molecular weight excluding hydrogens is 218 g/mol.